The van der Waals surface area contributed by atoms with Crippen molar-refractivity contribution in [2.24, 2.45) is 0 Å². The lowest BCUT2D eigenvalue weighted by atomic mass is 10.2. The van der Waals surface area contributed by atoms with Gasteiger partial charge in [-0.1, -0.05) is 30.3 Å². The van der Waals surface area contributed by atoms with Gasteiger partial charge in [0.25, 0.3) is 0 Å². The number of nitrogens with one attached hydrogen (secondary N) is 2. The van der Waals surface area contributed by atoms with Crippen molar-refractivity contribution in [1.29, 1.82) is 0 Å². The molecule has 1 atom stereocenters. The zero-order valence-electron chi connectivity index (χ0n) is 16.0. The lowest BCUT2D eigenvalue weighted by Gasteiger charge is -2.23. The van der Waals surface area contributed by atoms with Gasteiger partial charge in [-0.2, -0.15) is 0 Å². The predicted octanol–water partition coefficient (Wildman–Crippen LogP) is 2.25. The van der Waals surface area contributed by atoms with E-state index in [1.54, 1.807) is 27.9 Å². The number of hydrogen-bond acceptors (Lipinski definition) is 5. The molecule has 2 amide bonds. The first kappa shape index (κ1) is 21.9. The van der Waals surface area contributed by atoms with E-state index in [-0.39, 0.29) is 12.5 Å². The maximum absolute atomic E-state index is 12.3. The Balaban J connectivity index is 2.55. The third kappa shape index (κ3) is 10.0. The van der Waals surface area contributed by atoms with Crippen LogP contribution in [0.4, 0.5) is 4.79 Å². The molecule has 0 spiro atoms. The molecule has 26 heavy (non-hydrogen) atoms. The summed E-state index contributed by atoms with van der Waals surface area (Å²) in [6.45, 7) is 6.69. The van der Waals surface area contributed by atoms with E-state index in [4.69, 9.17) is 14.2 Å². The summed E-state index contributed by atoms with van der Waals surface area (Å²) < 4.78 is 15.8. The summed E-state index contributed by atoms with van der Waals surface area (Å²) in [6, 6.07) is 8.78. The van der Waals surface area contributed by atoms with E-state index >= 15 is 0 Å². The molecule has 146 valence electrons. The molecule has 0 aliphatic rings. The molecule has 0 aromatic heterocycles. The first-order valence-corrected chi connectivity index (χ1v) is 8.69. The van der Waals surface area contributed by atoms with Crippen molar-refractivity contribution in [3.8, 4) is 0 Å². The van der Waals surface area contributed by atoms with Crippen molar-refractivity contribution in [3.63, 3.8) is 0 Å². The van der Waals surface area contributed by atoms with Crippen molar-refractivity contribution < 1.29 is 23.8 Å². The van der Waals surface area contributed by atoms with E-state index < -0.39 is 17.7 Å². The van der Waals surface area contributed by atoms with Gasteiger partial charge >= 0.3 is 6.09 Å². The summed E-state index contributed by atoms with van der Waals surface area (Å²) in [4.78, 5) is 24.3. The molecule has 1 aromatic carbocycles. The molecule has 0 heterocycles. The normalized spacial score (nSPS) is 12.3. The summed E-state index contributed by atoms with van der Waals surface area (Å²) >= 11 is 0. The lowest BCUT2D eigenvalue weighted by molar-refractivity contribution is -0.124. The molecule has 0 saturated heterocycles. The highest BCUT2D eigenvalue weighted by Gasteiger charge is 2.24. The summed E-state index contributed by atoms with van der Waals surface area (Å²) in [5.74, 6) is -0.319. The third-order valence-corrected chi connectivity index (χ3v) is 3.23. The van der Waals surface area contributed by atoms with E-state index in [1.165, 1.54) is 0 Å². The van der Waals surface area contributed by atoms with Crippen LogP contribution in [0.15, 0.2) is 30.3 Å². The molecule has 1 rings (SSSR count). The van der Waals surface area contributed by atoms with Crippen molar-refractivity contribution in [3.05, 3.63) is 35.9 Å². The van der Waals surface area contributed by atoms with E-state index in [0.29, 0.717) is 26.2 Å². The second-order valence-electron chi connectivity index (χ2n) is 6.84. The minimum atomic E-state index is -0.837. The highest BCUT2D eigenvalue weighted by Crippen LogP contribution is 2.07. The monoisotopic (exact) mass is 366 g/mol. The molecule has 7 nitrogen and oxygen atoms in total. The van der Waals surface area contributed by atoms with Gasteiger partial charge in [-0.05, 0) is 32.8 Å². The number of benzene rings is 1. The first-order chi connectivity index (χ1) is 12.3. The number of amides is 2. The van der Waals surface area contributed by atoms with Gasteiger partial charge in [0, 0.05) is 20.3 Å². The molecule has 7 heteroatoms. The third-order valence-electron chi connectivity index (χ3n) is 3.23. The molecular formula is C19H30N2O5. The van der Waals surface area contributed by atoms with Crippen LogP contribution in [0.5, 0.6) is 0 Å². The molecule has 1 aromatic rings. The number of hydrogen-bond donors (Lipinski definition) is 2. The predicted molar refractivity (Wildman–Crippen MR) is 98.8 cm³/mol. The van der Waals surface area contributed by atoms with Crippen molar-refractivity contribution in [2.75, 3.05) is 26.9 Å². The quantitative estimate of drug-likeness (QED) is 0.620. The Bertz CT molecular complexity index is 543. The lowest BCUT2D eigenvalue weighted by Crippen LogP contribution is -2.50. The molecule has 0 aliphatic carbocycles. The summed E-state index contributed by atoms with van der Waals surface area (Å²) in [6.07, 6.45) is 0.0320. The van der Waals surface area contributed by atoms with E-state index in [9.17, 15) is 9.59 Å². The number of carbonyl (C=O) groups excluding carboxylic acids is 2. The maximum atomic E-state index is 12.3. The van der Waals surface area contributed by atoms with Crippen LogP contribution in [0.1, 0.15) is 32.8 Å². The Kier molecular flexibility index (Phi) is 9.69. The largest absolute Gasteiger partial charge is 0.444 e. The molecule has 0 unspecified atom stereocenters. The minimum Gasteiger partial charge on any atom is -0.444 e. The standard InChI is InChI=1S/C19H30N2O5/c1-19(2,3)26-18(23)21-16(17(22)20-11-8-12-24-4)14-25-13-15-9-6-5-7-10-15/h5-7,9-10,16H,8,11-14H2,1-4H3,(H,20,22)(H,21,23)/t16-/m1/s1. The number of methoxy groups -OCH3 is 1. The molecule has 0 bridgehead atoms. The zero-order chi connectivity index (χ0) is 19.4. The van der Waals surface area contributed by atoms with Gasteiger partial charge in [0.15, 0.2) is 0 Å². The summed E-state index contributed by atoms with van der Waals surface area (Å²) in [5, 5.41) is 5.34. The molecule has 0 aliphatic heterocycles. The average Bonchev–Trinajstić information content (AvgIpc) is 2.57. The van der Waals surface area contributed by atoms with Crippen LogP contribution < -0.4 is 10.6 Å². The van der Waals surface area contributed by atoms with E-state index in [1.807, 2.05) is 30.3 Å². The Hall–Kier alpha value is -2.12. The van der Waals surface area contributed by atoms with Gasteiger partial charge in [0.05, 0.1) is 13.2 Å². The van der Waals surface area contributed by atoms with Crippen LogP contribution in [0.3, 0.4) is 0 Å². The van der Waals surface area contributed by atoms with Crippen molar-refractivity contribution >= 4 is 12.0 Å². The van der Waals surface area contributed by atoms with Gasteiger partial charge in [0.2, 0.25) is 5.91 Å². The Morgan fingerprint density at radius 1 is 1.15 bits per heavy atom. The summed E-state index contributed by atoms with van der Waals surface area (Å²) in [5.41, 5.74) is 0.345. The topological polar surface area (TPSA) is 85.9 Å². The fourth-order valence-corrected chi connectivity index (χ4v) is 2.05. The molecule has 2 N–H and O–H groups in total. The number of rotatable bonds is 10. The zero-order valence-corrected chi connectivity index (χ0v) is 16.0. The second-order valence-corrected chi connectivity index (χ2v) is 6.84. The van der Waals surface area contributed by atoms with Crippen LogP contribution in [-0.2, 0) is 25.6 Å². The van der Waals surface area contributed by atoms with Crippen molar-refractivity contribution in [2.45, 2.75) is 45.4 Å². The van der Waals surface area contributed by atoms with Gasteiger partial charge in [0.1, 0.15) is 11.6 Å². The SMILES string of the molecule is COCCCNC(=O)[C@@H](COCc1ccccc1)NC(=O)OC(C)(C)C. The highest BCUT2D eigenvalue weighted by atomic mass is 16.6. The van der Waals surface area contributed by atoms with E-state index in [2.05, 4.69) is 10.6 Å². The Morgan fingerprint density at radius 3 is 2.46 bits per heavy atom. The highest BCUT2D eigenvalue weighted by molar-refractivity contribution is 5.85. The van der Waals surface area contributed by atoms with Gasteiger partial charge in [-0.25, -0.2) is 4.79 Å². The fourth-order valence-electron chi connectivity index (χ4n) is 2.05. The Labute approximate surface area is 155 Å². The van der Waals surface area contributed by atoms with Crippen LogP contribution in [0.2, 0.25) is 0 Å². The molecule has 0 radical (unpaired) electrons. The van der Waals surface area contributed by atoms with Crippen LogP contribution in [0, 0.1) is 0 Å². The van der Waals surface area contributed by atoms with Crippen molar-refractivity contribution in [1.82, 2.24) is 10.6 Å². The molecule has 0 fully saturated rings. The van der Waals surface area contributed by atoms with Crippen LogP contribution >= 0.6 is 0 Å². The van der Waals surface area contributed by atoms with Crippen LogP contribution in [-0.4, -0.2) is 50.5 Å². The molecular weight excluding hydrogens is 336 g/mol. The number of alkyl carbamates (subject to hydrolysis) is 1. The van der Waals surface area contributed by atoms with Gasteiger partial charge in [-0.15, -0.1) is 0 Å². The average molecular weight is 366 g/mol. The maximum Gasteiger partial charge on any atom is 0.408 e. The summed E-state index contributed by atoms with van der Waals surface area (Å²) in [7, 11) is 1.60. The number of carbonyl (C=O) groups is 2. The van der Waals surface area contributed by atoms with Gasteiger partial charge in [-0.3, -0.25) is 4.79 Å². The van der Waals surface area contributed by atoms with Gasteiger partial charge < -0.3 is 24.8 Å². The van der Waals surface area contributed by atoms with E-state index in [0.717, 1.165) is 5.56 Å². The fraction of sp³-hybridized carbons (Fsp3) is 0.579. The molecule has 0 saturated carbocycles. The Morgan fingerprint density at radius 2 is 1.85 bits per heavy atom. The van der Waals surface area contributed by atoms with Crippen LogP contribution in [0.25, 0.3) is 0 Å². The second kappa shape index (κ2) is 11.5. The number of ether oxygens (including phenoxy) is 3. The minimum absolute atomic E-state index is 0.0459. The smallest absolute Gasteiger partial charge is 0.408 e. The first-order valence-electron chi connectivity index (χ1n) is 8.69.